The molecule has 1 heterocycles. The number of nitrogens with two attached hydrogens (primary N) is 1. The Labute approximate surface area is 176 Å². The van der Waals surface area contributed by atoms with Crippen LogP contribution in [0.2, 0.25) is 0 Å². The first kappa shape index (κ1) is 22.5. The summed E-state index contributed by atoms with van der Waals surface area (Å²) in [5.41, 5.74) is 7.40. The quantitative estimate of drug-likeness (QED) is 0.802. The fourth-order valence-corrected chi connectivity index (χ4v) is 3.24. The molecule has 1 atom stereocenters. The molecule has 7 nitrogen and oxygen atoms in total. The normalized spacial score (nSPS) is 14.6. The molecule has 0 saturated carbocycles. The van der Waals surface area contributed by atoms with E-state index in [-0.39, 0.29) is 24.2 Å². The van der Waals surface area contributed by atoms with Crippen molar-refractivity contribution in [3.63, 3.8) is 0 Å². The standard InChI is InChI=1S/C21H25N3O4.ClH/c1-27-17-12-16(13-18(14-17)28-2)20(25)23-8-10-24(11-9-23)21(26)19(22)15-6-4-3-5-7-15;/h3-7,12-14,19H,8-11,22H2,1-2H3;1H. The lowest BCUT2D eigenvalue weighted by Crippen LogP contribution is -2.52. The molecule has 0 aliphatic carbocycles. The number of ether oxygens (including phenoxy) is 2. The second-order valence-corrected chi connectivity index (χ2v) is 6.61. The summed E-state index contributed by atoms with van der Waals surface area (Å²) in [6, 6.07) is 13.7. The molecule has 2 N–H and O–H groups in total. The van der Waals surface area contributed by atoms with Gasteiger partial charge in [-0.05, 0) is 17.7 Å². The van der Waals surface area contributed by atoms with Crippen LogP contribution in [0.4, 0.5) is 0 Å². The molecule has 1 unspecified atom stereocenters. The lowest BCUT2D eigenvalue weighted by atomic mass is 10.1. The number of hydrogen-bond donors (Lipinski definition) is 1. The van der Waals surface area contributed by atoms with E-state index in [2.05, 4.69) is 0 Å². The first-order valence-electron chi connectivity index (χ1n) is 9.15. The van der Waals surface area contributed by atoms with Gasteiger partial charge in [-0.3, -0.25) is 9.59 Å². The van der Waals surface area contributed by atoms with Crippen LogP contribution in [0, 0.1) is 0 Å². The number of carbonyl (C=O) groups is 2. The van der Waals surface area contributed by atoms with Gasteiger partial charge in [0, 0.05) is 37.8 Å². The Morgan fingerprint density at radius 2 is 1.41 bits per heavy atom. The molecule has 0 bridgehead atoms. The average Bonchev–Trinajstić information content (AvgIpc) is 2.77. The van der Waals surface area contributed by atoms with Crippen LogP contribution in [0.5, 0.6) is 11.5 Å². The monoisotopic (exact) mass is 419 g/mol. The first-order valence-corrected chi connectivity index (χ1v) is 9.15. The molecule has 1 fully saturated rings. The summed E-state index contributed by atoms with van der Waals surface area (Å²) in [7, 11) is 3.09. The molecular formula is C21H26ClN3O4. The van der Waals surface area contributed by atoms with E-state index in [1.165, 1.54) is 0 Å². The summed E-state index contributed by atoms with van der Waals surface area (Å²) in [6.45, 7) is 1.80. The summed E-state index contributed by atoms with van der Waals surface area (Å²) in [5, 5.41) is 0. The molecule has 2 aromatic rings. The predicted molar refractivity (Wildman–Crippen MR) is 113 cm³/mol. The highest BCUT2D eigenvalue weighted by Crippen LogP contribution is 2.24. The van der Waals surface area contributed by atoms with Crippen LogP contribution in [0.15, 0.2) is 48.5 Å². The van der Waals surface area contributed by atoms with Gasteiger partial charge in [0.25, 0.3) is 5.91 Å². The van der Waals surface area contributed by atoms with Gasteiger partial charge >= 0.3 is 0 Å². The van der Waals surface area contributed by atoms with Crippen molar-refractivity contribution in [2.45, 2.75) is 6.04 Å². The Bertz CT molecular complexity index is 817. The zero-order valence-corrected chi connectivity index (χ0v) is 17.4. The molecule has 1 aliphatic heterocycles. The molecule has 1 aliphatic rings. The zero-order valence-electron chi connectivity index (χ0n) is 16.5. The molecule has 2 aromatic carbocycles. The van der Waals surface area contributed by atoms with Crippen molar-refractivity contribution in [1.29, 1.82) is 0 Å². The van der Waals surface area contributed by atoms with E-state index in [1.807, 2.05) is 30.3 Å². The number of carbonyl (C=O) groups excluding carboxylic acids is 2. The van der Waals surface area contributed by atoms with Crippen molar-refractivity contribution in [1.82, 2.24) is 9.80 Å². The minimum atomic E-state index is -0.689. The number of amides is 2. The van der Waals surface area contributed by atoms with Crippen LogP contribution >= 0.6 is 12.4 Å². The highest BCUT2D eigenvalue weighted by atomic mass is 35.5. The molecule has 156 valence electrons. The van der Waals surface area contributed by atoms with Crippen LogP contribution in [0.1, 0.15) is 22.0 Å². The van der Waals surface area contributed by atoms with E-state index in [4.69, 9.17) is 15.2 Å². The largest absolute Gasteiger partial charge is 0.497 e. The number of hydrogen-bond acceptors (Lipinski definition) is 5. The van der Waals surface area contributed by atoms with E-state index < -0.39 is 6.04 Å². The van der Waals surface area contributed by atoms with Crippen molar-refractivity contribution < 1.29 is 19.1 Å². The Kier molecular flexibility index (Phi) is 7.87. The second kappa shape index (κ2) is 10.1. The van der Waals surface area contributed by atoms with Crippen molar-refractivity contribution >= 4 is 24.2 Å². The van der Waals surface area contributed by atoms with Gasteiger partial charge in [-0.2, -0.15) is 0 Å². The summed E-state index contributed by atoms with van der Waals surface area (Å²) in [5.74, 6) is 0.883. The van der Waals surface area contributed by atoms with Crippen molar-refractivity contribution in [2.24, 2.45) is 5.73 Å². The maximum atomic E-state index is 12.9. The lowest BCUT2D eigenvalue weighted by molar-refractivity contribution is -0.134. The van der Waals surface area contributed by atoms with E-state index in [0.29, 0.717) is 43.2 Å². The molecule has 29 heavy (non-hydrogen) atoms. The maximum absolute atomic E-state index is 12.9. The Hall–Kier alpha value is -2.77. The van der Waals surface area contributed by atoms with Gasteiger partial charge in [0.15, 0.2) is 0 Å². The van der Waals surface area contributed by atoms with E-state index >= 15 is 0 Å². The van der Waals surface area contributed by atoms with Crippen LogP contribution in [0.25, 0.3) is 0 Å². The first-order chi connectivity index (χ1) is 13.5. The second-order valence-electron chi connectivity index (χ2n) is 6.61. The average molecular weight is 420 g/mol. The van der Waals surface area contributed by atoms with Crippen LogP contribution in [-0.2, 0) is 4.79 Å². The smallest absolute Gasteiger partial charge is 0.254 e. The number of piperazine rings is 1. The van der Waals surface area contributed by atoms with Crippen LogP contribution in [-0.4, -0.2) is 62.0 Å². The van der Waals surface area contributed by atoms with Crippen molar-refractivity contribution in [3.05, 3.63) is 59.7 Å². The van der Waals surface area contributed by atoms with Gasteiger partial charge in [0.2, 0.25) is 5.91 Å². The third kappa shape index (κ3) is 5.19. The van der Waals surface area contributed by atoms with E-state index in [9.17, 15) is 9.59 Å². The zero-order chi connectivity index (χ0) is 20.1. The summed E-state index contributed by atoms with van der Waals surface area (Å²) >= 11 is 0. The molecule has 0 aromatic heterocycles. The van der Waals surface area contributed by atoms with Gasteiger partial charge in [-0.15, -0.1) is 12.4 Å². The maximum Gasteiger partial charge on any atom is 0.254 e. The Morgan fingerprint density at radius 1 is 0.897 bits per heavy atom. The minimum Gasteiger partial charge on any atom is -0.497 e. The van der Waals surface area contributed by atoms with E-state index in [0.717, 1.165) is 5.56 Å². The molecule has 1 saturated heterocycles. The van der Waals surface area contributed by atoms with E-state index in [1.54, 1.807) is 42.2 Å². The fourth-order valence-electron chi connectivity index (χ4n) is 3.24. The van der Waals surface area contributed by atoms with Gasteiger partial charge in [-0.1, -0.05) is 30.3 Å². The third-order valence-electron chi connectivity index (χ3n) is 4.90. The van der Waals surface area contributed by atoms with Crippen molar-refractivity contribution in [2.75, 3.05) is 40.4 Å². The fraction of sp³-hybridized carbons (Fsp3) is 0.333. The topological polar surface area (TPSA) is 85.1 Å². The minimum absolute atomic E-state index is 0. The molecule has 0 radical (unpaired) electrons. The van der Waals surface area contributed by atoms with Crippen LogP contribution < -0.4 is 15.2 Å². The number of halogens is 1. The van der Waals surface area contributed by atoms with Crippen LogP contribution in [0.3, 0.4) is 0 Å². The van der Waals surface area contributed by atoms with Gasteiger partial charge in [-0.25, -0.2) is 0 Å². The molecule has 8 heteroatoms. The third-order valence-corrected chi connectivity index (χ3v) is 4.90. The molecule has 0 spiro atoms. The predicted octanol–water partition coefficient (Wildman–Crippen LogP) is 2.11. The van der Waals surface area contributed by atoms with Gasteiger partial charge < -0.3 is 25.0 Å². The number of benzene rings is 2. The number of methoxy groups -OCH3 is 2. The highest BCUT2D eigenvalue weighted by molar-refractivity contribution is 5.95. The van der Waals surface area contributed by atoms with Gasteiger partial charge in [0.05, 0.1) is 14.2 Å². The summed E-state index contributed by atoms with van der Waals surface area (Å²) in [6.07, 6.45) is 0. The number of rotatable bonds is 5. The molecular weight excluding hydrogens is 394 g/mol. The molecule has 2 amide bonds. The van der Waals surface area contributed by atoms with Crippen molar-refractivity contribution in [3.8, 4) is 11.5 Å². The Balaban J connectivity index is 0.00000300. The van der Waals surface area contributed by atoms with Gasteiger partial charge in [0.1, 0.15) is 17.5 Å². The SMILES string of the molecule is COc1cc(OC)cc(C(=O)N2CCN(C(=O)C(N)c3ccccc3)CC2)c1.Cl. The lowest BCUT2D eigenvalue weighted by Gasteiger charge is -2.36. The summed E-state index contributed by atoms with van der Waals surface area (Å²) in [4.78, 5) is 29.0. The highest BCUT2D eigenvalue weighted by Gasteiger charge is 2.28. The number of nitrogens with zero attached hydrogens (tertiary/aromatic N) is 2. The Morgan fingerprint density at radius 3 is 1.93 bits per heavy atom. The molecule has 3 rings (SSSR count). The summed E-state index contributed by atoms with van der Waals surface area (Å²) < 4.78 is 10.5.